The minimum atomic E-state index is -0.204. The second-order valence-electron chi connectivity index (χ2n) is 5.59. The lowest BCUT2D eigenvalue weighted by atomic mass is 10.1. The Morgan fingerprint density at radius 3 is 2.70 bits per heavy atom. The van der Waals surface area contributed by atoms with Gasteiger partial charge < -0.3 is 14.8 Å². The number of likely N-dealkylation sites (N-methyl/N-ethyl adjacent to an activating group) is 1. The smallest absolute Gasteiger partial charge is 0.254 e. The van der Waals surface area contributed by atoms with Crippen molar-refractivity contribution in [1.82, 2.24) is 19.8 Å². The maximum absolute atomic E-state index is 12.4. The third kappa shape index (κ3) is 3.07. The van der Waals surface area contributed by atoms with Crippen LogP contribution in [0.4, 0.5) is 0 Å². The van der Waals surface area contributed by atoms with Crippen LogP contribution in [-0.4, -0.2) is 58.4 Å². The van der Waals surface area contributed by atoms with E-state index >= 15 is 0 Å². The van der Waals surface area contributed by atoms with Gasteiger partial charge in [-0.2, -0.15) is 0 Å². The summed E-state index contributed by atoms with van der Waals surface area (Å²) in [5.41, 5.74) is 0.915. The molecule has 20 heavy (non-hydrogen) atoms. The Kier molecular flexibility index (Phi) is 4.23. The van der Waals surface area contributed by atoms with Gasteiger partial charge in [-0.1, -0.05) is 0 Å². The zero-order chi connectivity index (χ0) is 14.9. The first kappa shape index (κ1) is 14.7. The summed E-state index contributed by atoms with van der Waals surface area (Å²) in [5, 5.41) is 0. The maximum Gasteiger partial charge on any atom is 0.254 e. The predicted molar refractivity (Wildman–Crippen MR) is 76.7 cm³/mol. The lowest BCUT2D eigenvalue weighted by Crippen LogP contribution is -2.53. The summed E-state index contributed by atoms with van der Waals surface area (Å²) in [6.45, 7) is 8.01. The SMILES string of the molecule is Cc1nc(C)c(CC(=O)N2CCN(C)C[C@@H]2C)c(=O)[nH]1. The van der Waals surface area contributed by atoms with Crippen LogP contribution < -0.4 is 5.56 Å². The fraction of sp³-hybridized carbons (Fsp3) is 0.643. The molecule has 1 saturated heterocycles. The quantitative estimate of drug-likeness (QED) is 0.832. The van der Waals surface area contributed by atoms with Gasteiger partial charge in [-0.25, -0.2) is 4.98 Å². The summed E-state index contributed by atoms with van der Waals surface area (Å²) in [6.07, 6.45) is 0.127. The highest BCUT2D eigenvalue weighted by Crippen LogP contribution is 2.11. The molecule has 0 bridgehead atoms. The second kappa shape index (κ2) is 5.75. The highest BCUT2D eigenvalue weighted by Gasteiger charge is 2.26. The second-order valence-corrected chi connectivity index (χ2v) is 5.59. The zero-order valence-electron chi connectivity index (χ0n) is 12.6. The Hall–Kier alpha value is -1.69. The van der Waals surface area contributed by atoms with Crippen LogP contribution in [0.2, 0.25) is 0 Å². The fourth-order valence-electron chi connectivity index (χ4n) is 2.72. The van der Waals surface area contributed by atoms with Crippen molar-refractivity contribution in [2.45, 2.75) is 33.2 Å². The highest BCUT2D eigenvalue weighted by molar-refractivity contribution is 5.79. The van der Waals surface area contributed by atoms with E-state index in [9.17, 15) is 9.59 Å². The number of aryl methyl sites for hydroxylation is 2. The highest BCUT2D eigenvalue weighted by atomic mass is 16.2. The van der Waals surface area contributed by atoms with Crippen molar-refractivity contribution in [1.29, 1.82) is 0 Å². The lowest BCUT2D eigenvalue weighted by Gasteiger charge is -2.38. The molecular weight excluding hydrogens is 256 g/mol. The first-order valence-corrected chi connectivity index (χ1v) is 6.93. The molecule has 0 aliphatic carbocycles. The van der Waals surface area contributed by atoms with Crippen molar-refractivity contribution in [3.63, 3.8) is 0 Å². The van der Waals surface area contributed by atoms with Crippen LogP contribution >= 0.6 is 0 Å². The molecule has 6 nitrogen and oxygen atoms in total. The van der Waals surface area contributed by atoms with Crippen LogP contribution in [0, 0.1) is 13.8 Å². The molecule has 0 unspecified atom stereocenters. The van der Waals surface area contributed by atoms with E-state index in [0.29, 0.717) is 23.6 Å². The Labute approximate surface area is 118 Å². The Bertz CT molecular complexity index is 567. The van der Waals surface area contributed by atoms with Crippen LogP contribution in [0.3, 0.4) is 0 Å². The summed E-state index contributed by atoms with van der Waals surface area (Å²) < 4.78 is 0. The number of aromatic nitrogens is 2. The van der Waals surface area contributed by atoms with Crippen LogP contribution in [0.5, 0.6) is 0 Å². The average molecular weight is 278 g/mol. The van der Waals surface area contributed by atoms with Crippen molar-refractivity contribution >= 4 is 5.91 Å². The molecule has 1 fully saturated rings. The molecule has 1 aliphatic heterocycles. The summed E-state index contributed by atoms with van der Waals surface area (Å²) in [6, 6.07) is 0.180. The minimum Gasteiger partial charge on any atom is -0.337 e. The molecule has 2 heterocycles. The van der Waals surface area contributed by atoms with E-state index in [1.54, 1.807) is 13.8 Å². The summed E-state index contributed by atoms with van der Waals surface area (Å²) in [7, 11) is 2.05. The van der Waals surface area contributed by atoms with Crippen LogP contribution in [-0.2, 0) is 11.2 Å². The first-order valence-electron chi connectivity index (χ1n) is 6.93. The van der Waals surface area contributed by atoms with Gasteiger partial charge in [0, 0.05) is 36.9 Å². The van der Waals surface area contributed by atoms with E-state index in [1.807, 2.05) is 11.8 Å². The van der Waals surface area contributed by atoms with Crippen LogP contribution in [0.25, 0.3) is 0 Å². The maximum atomic E-state index is 12.4. The number of H-pyrrole nitrogens is 1. The number of carbonyl (C=O) groups is 1. The molecule has 1 aromatic heterocycles. The zero-order valence-corrected chi connectivity index (χ0v) is 12.6. The van der Waals surface area contributed by atoms with Gasteiger partial charge in [0.25, 0.3) is 5.56 Å². The van der Waals surface area contributed by atoms with Crippen LogP contribution in [0.1, 0.15) is 24.0 Å². The van der Waals surface area contributed by atoms with Crippen LogP contribution in [0.15, 0.2) is 4.79 Å². The van der Waals surface area contributed by atoms with Crippen molar-refractivity contribution in [2.75, 3.05) is 26.7 Å². The number of nitrogens with zero attached hydrogens (tertiary/aromatic N) is 3. The van der Waals surface area contributed by atoms with Crippen molar-refractivity contribution in [2.24, 2.45) is 0 Å². The van der Waals surface area contributed by atoms with Gasteiger partial charge in [0.1, 0.15) is 5.82 Å². The molecule has 110 valence electrons. The first-order chi connectivity index (χ1) is 9.38. The Balaban J connectivity index is 2.14. The summed E-state index contributed by atoms with van der Waals surface area (Å²) in [4.78, 5) is 35.3. The number of nitrogens with one attached hydrogen (secondary N) is 1. The molecule has 2 rings (SSSR count). The van der Waals surface area contributed by atoms with Crippen molar-refractivity contribution in [3.8, 4) is 0 Å². The van der Waals surface area contributed by atoms with Crippen molar-refractivity contribution < 1.29 is 4.79 Å². The number of hydrogen-bond donors (Lipinski definition) is 1. The van der Waals surface area contributed by atoms with E-state index in [1.165, 1.54) is 0 Å². The lowest BCUT2D eigenvalue weighted by molar-refractivity contribution is -0.134. The molecule has 0 saturated carbocycles. The normalized spacial score (nSPS) is 20.2. The molecule has 1 atom stereocenters. The van der Waals surface area contributed by atoms with E-state index in [2.05, 4.69) is 21.9 Å². The number of amides is 1. The molecule has 1 N–H and O–H groups in total. The third-order valence-corrected chi connectivity index (χ3v) is 3.82. The average Bonchev–Trinajstić information content (AvgIpc) is 2.33. The number of piperazine rings is 1. The van der Waals surface area contributed by atoms with E-state index in [4.69, 9.17) is 0 Å². The molecule has 0 aromatic carbocycles. The molecule has 0 radical (unpaired) electrons. The summed E-state index contributed by atoms with van der Waals surface area (Å²) >= 11 is 0. The molecule has 1 aliphatic rings. The predicted octanol–water partition coefficient (Wildman–Crippen LogP) is 0.0917. The van der Waals surface area contributed by atoms with Gasteiger partial charge in [-0.3, -0.25) is 9.59 Å². The monoisotopic (exact) mass is 278 g/mol. The van der Waals surface area contributed by atoms with E-state index in [0.717, 1.165) is 13.1 Å². The topological polar surface area (TPSA) is 69.3 Å². The number of aromatic amines is 1. The summed E-state index contributed by atoms with van der Waals surface area (Å²) in [5.74, 6) is 0.585. The number of rotatable bonds is 2. The number of carbonyl (C=O) groups excluding carboxylic acids is 1. The minimum absolute atomic E-state index is 0.00449. The van der Waals surface area contributed by atoms with Gasteiger partial charge >= 0.3 is 0 Å². The molecule has 1 amide bonds. The molecular formula is C14H22N4O2. The van der Waals surface area contributed by atoms with Gasteiger partial charge in [0.2, 0.25) is 5.91 Å². The Morgan fingerprint density at radius 2 is 2.10 bits per heavy atom. The Morgan fingerprint density at radius 1 is 1.40 bits per heavy atom. The molecule has 6 heteroatoms. The van der Waals surface area contributed by atoms with Gasteiger partial charge in [0.05, 0.1) is 6.42 Å². The van der Waals surface area contributed by atoms with Gasteiger partial charge in [-0.05, 0) is 27.8 Å². The number of hydrogen-bond acceptors (Lipinski definition) is 4. The van der Waals surface area contributed by atoms with Gasteiger partial charge in [0.15, 0.2) is 0 Å². The third-order valence-electron chi connectivity index (χ3n) is 3.82. The van der Waals surface area contributed by atoms with Crippen molar-refractivity contribution in [3.05, 3.63) is 27.4 Å². The van der Waals surface area contributed by atoms with Gasteiger partial charge in [-0.15, -0.1) is 0 Å². The molecule has 0 spiro atoms. The van der Waals surface area contributed by atoms with E-state index in [-0.39, 0.29) is 23.9 Å². The standard InChI is InChI=1S/C14H22N4O2/c1-9-8-17(4)5-6-18(9)13(19)7-12-10(2)15-11(3)16-14(12)20/h9H,5-8H2,1-4H3,(H,15,16,20)/t9-/m0/s1. The van der Waals surface area contributed by atoms with E-state index < -0.39 is 0 Å². The fourth-order valence-corrected chi connectivity index (χ4v) is 2.72. The largest absolute Gasteiger partial charge is 0.337 e. The molecule has 1 aromatic rings.